The zero-order valence-corrected chi connectivity index (χ0v) is 14.8. The Kier molecular flexibility index (Phi) is 5.07. The molecule has 2 nitrogen and oxygen atoms in total. The van der Waals surface area contributed by atoms with Crippen LogP contribution in [0, 0.1) is 3.57 Å². The zero-order chi connectivity index (χ0) is 15.6. The Bertz CT molecular complexity index is 602. The first-order valence-corrected chi connectivity index (χ1v) is 8.08. The lowest BCUT2D eigenvalue weighted by atomic mass is 9.96. The molecule has 0 bridgehead atoms. The molecule has 3 heteroatoms. The van der Waals surface area contributed by atoms with Crippen LogP contribution in [-0.4, -0.2) is 17.3 Å². The Labute approximate surface area is 140 Å². The maximum Gasteiger partial charge on any atom is 0.106 e. The summed E-state index contributed by atoms with van der Waals surface area (Å²) in [5.41, 5.74) is 3.31. The second-order valence-corrected chi connectivity index (χ2v) is 6.89. The maximum absolute atomic E-state index is 10.1. The van der Waals surface area contributed by atoms with Crippen molar-refractivity contribution >= 4 is 28.2 Å². The average molecular weight is 396 g/mol. The number of ether oxygens (including phenoxy) is 1. The Morgan fingerprint density at radius 1 is 1.43 bits per heavy atom. The van der Waals surface area contributed by atoms with E-state index in [4.69, 9.17) is 4.74 Å². The van der Waals surface area contributed by atoms with Crippen LogP contribution in [0.4, 0.5) is 0 Å². The molecule has 1 aliphatic rings. The fraction of sp³-hybridized carbons (Fsp3) is 0.333. The molecule has 112 valence electrons. The smallest absolute Gasteiger partial charge is 0.106 e. The van der Waals surface area contributed by atoms with Crippen molar-refractivity contribution in [1.82, 2.24) is 0 Å². The Balaban J connectivity index is 2.17. The van der Waals surface area contributed by atoms with Crippen LogP contribution < -0.4 is 0 Å². The molecule has 1 N–H and O–H groups in total. The van der Waals surface area contributed by atoms with Gasteiger partial charge in [-0.3, -0.25) is 0 Å². The van der Waals surface area contributed by atoms with Crippen molar-refractivity contribution in [3.63, 3.8) is 0 Å². The highest BCUT2D eigenvalue weighted by Gasteiger charge is 2.25. The van der Waals surface area contributed by atoms with Gasteiger partial charge in [-0.25, -0.2) is 0 Å². The number of hydrogen-bond acceptors (Lipinski definition) is 2. The second kappa shape index (κ2) is 6.46. The molecular weight excluding hydrogens is 375 g/mol. The summed E-state index contributed by atoms with van der Waals surface area (Å²) in [7, 11) is 0. The number of allylic oxidation sites excluding steroid dienone is 3. The predicted octanol–water partition coefficient (Wildman–Crippen LogP) is 4.65. The summed E-state index contributed by atoms with van der Waals surface area (Å²) >= 11 is 2.33. The van der Waals surface area contributed by atoms with Gasteiger partial charge in [0.1, 0.15) is 6.10 Å². The van der Waals surface area contributed by atoms with Crippen molar-refractivity contribution in [2.24, 2.45) is 0 Å². The average Bonchev–Trinajstić information content (AvgIpc) is 3.21. The van der Waals surface area contributed by atoms with Crippen molar-refractivity contribution in [3.05, 3.63) is 63.3 Å². The number of rotatable bonds is 5. The van der Waals surface area contributed by atoms with E-state index in [0.29, 0.717) is 0 Å². The van der Waals surface area contributed by atoms with Gasteiger partial charge in [-0.1, -0.05) is 36.9 Å². The van der Waals surface area contributed by atoms with E-state index in [1.165, 1.54) is 9.13 Å². The largest absolute Gasteiger partial charge is 0.386 e. The molecule has 0 aliphatic carbocycles. The molecule has 1 aliphatic heterocycles. The van der Waals surface area contributed by atoms with Crippen LogP contribution >= 0.6 is 22.6 Å². The van der Waals surface area contributed by atoms with Gasteiger partial charge < -0.3 is 9.84 Å². The lowest BCUT2D eigenvalue weighted by molar-refractivity contribution is 0.123. The fourth-order valence-electron chi connectivity index (χ4n) is 2.17. The number of hydrogen-bond donors (Lipinski definition) is 1. The lowest BCUT2D eigenvalue weighted by Gasteiger charge is -2.18. The van der Waals surface area contributed by atoms with Crippen LogP contribution in [0.2, 0.25) is 0 Å². The number of halogens is 1. The van der Waals surface area contributed by atoms with E-state index in [0.717, 1.165) is 23.3 Å². The highest BCUT2D eigenvalue weighted by molar-refractivity contribution is 14.1. The Morgan fingerprint density at radius 3 is 2.57 bits per heavy atom. The second-order valence-electron chi connectivity index (χ2n) is 5.72. The molecule has 1 aromatic rings. The summed E-state index contributed by atoms with van der Waals surface area (Å²) in [5.74, 6) is 0. The van der Waals surface area contributed by atoms with Crippen molar-refractivity contribution in [3.8, 4) is 0 Å². The van der Waals surface area contributed by atoms with Crippen LogP contribution in [0.3, 0.4) is 0 Å². The van der Waals surface area contributed by atoms with Gasteiger partial charge in [0, 0.05) is 3.57 Å². The third kappa shape index (κ3) is 4.28. The highest BCUT2D eigenvalue weighted by atomic mass is 127. The van der Waals surface area contributed by atoms with Crippen molar-refractivity contribution in [2.45, 2.75) is 32.5 Å². The van der Waals surface area contributed by atoms with Crippen LogP contribution in [-0.2, 0) is 4.74 Å². The molecule has 0 spiro atoms. The van der Waals surface area contributed by atoms with E-state index < -0.39 is 5.60 Å². The van der Waals surface area contributed by atoms with Gasteiger partial charge in [0.25, 0.3) is 0 Å². The molecule has 0 amide bonds. The first kappa shape index (κ1) is 16.5. The molecule has 1 unspecified atom stereocenters. The van der Waals surface area contributed by atoms with E-state index in [2.05, 4.69) is 47.4 Å². The monoisotopic (exact) mass is 396 g/mol. The standard InChI is InChI=1S/C18H21IO2/c1-5-14(18(3,4)20)8-6-12(2)15-9-7-13(10-16(15)19)17-11-21-17/h5-10,17,20H,2,11H2,1,3-4H3/b8-6-,14-5+. The summed E-state index contributed by atoms with van der Waals surface area (Å²) < 4.78 is 6.47. The van der Waals surface area contributed by atoms with E-state index in [1.807, 2.05) is 25.2 Å². The van der Waals surface area contributed by atoms with Crippen LogP contribution in [0.1, 0.15) is 38.0 Å². The van der Waals surface area contributed by atoms with E-state index >= 15 is 0 Å². The highest BCUT2D eigenvalue weighted by Crippen LogP contribution is 2.33. The number of benzene rings is 1. The van der Waals surface area contributed by atoms with Gasteiger partial charge in [-0.2, -0.15) is 0 Å². The quantitative estimate of drug-likeness (QED) is 0.447. The van der Waals surface area contributed by atoms with E-state index in [9.17, 15) is 5.11 Å². The van der Waals surface area contributed by atoms with E-state index in [1.54, 1.807) is 13.8 Å². The normalized spacial score (nSPS) is 19.1. The Morgan fingerprint density at radius 2 is 2.10 bits per heavy atom. The molecule has 1 fully saturated rings. The summed E-state index contributed by atoms with van der Waals surface area (Å²) in [6.07, 6.45) is 6.08. The molecule has 1 aromatic carbocycles. The minimum absolute atomic E-state index is 0.279. The predicted molar refractivity (Wildman–Crippen MR) is 96.1 cm³/mol. The SMILES string of the molecule is C=C(/C=C\C(=C/C)C(C)(C)O)c1ccc(C2CO2)cc1I. The summed E-state index contributed by atoms with van der Waals surface area (Å²) in [6.45, 7) is 10.4. The number of aliphatic hydroxyl groups is 1. The zero-order valence-electron chi connectivity index (χ0n) is 12.7. The fourth-order valence-corrected chi connectivity index (χ4v) is 3.05. The summed E-state index contributed by atoms with van der Waals surface area (Å²) in [5, 5.41) is 10.1. The van der Waals surface area contributed by atoms with Gasteiger partial charge in [0.2, 0.25) is 0 Å². The molecule has 0 radical (unpaired) electrons. The third-order valence-electron chi connectivity index (χ3n) is 3.53. The van der Waals surface area contributed by atoms with Crippen LogP contribution in [0.25, 0.3) is 5.57 Å². The van der Waals surface area contributed by atoms with Crippen molar-refractivity contribution < 1.29 is 9.84 Å². The Hall–Kier alpha value is -0.910. The van der Waals surface area contributed by atoms with Crippen LogP contribution in [0.15, 0.2) is 48.6 Å². The van der Waals surface area contributed by atoms with Crippen molar-refractivity contribution in [2.75, 3.05) is 6.61 Å². The van der Waals surface area contributed by atoms with Gasteiger partial charge in [-0.15, -0.1) is 0 Å². The van der Waals surface area contributed by atoms with E-state index in [-0.39, 0.29) is 6.10 Å². The maximum atomic E-state index is 10.1. The van der Waals surface area contributed by atoms with Crippen molar-refractivity contribution in [1.29, 1.82) is 0 Å². The van der Waals surface area contributed by atoms with Gasteiger partial charge in [0.05, 0.1) is 12.2 Å². The molecule has 1 heterocycles. The van der Waals surface area contributed by atoms with Gasteiger partial charge in [0.15, 0.2) is 0 Å². The first-order chi connectivity index (χ1) is 9.82. The molecule has 1 saturated heterocycles. The molecule has 1 atom stereocenters. The van der Waals surface area contributed by atoms with Gasteiger partial charge in [-0.05, 0) is 71.7 Å². The molecule has 2 rings (SSSR count). The minimum atomic E-state index is -0.841. The summed E-state index contributed by atoms with van der Waals surface area (Å²) in [4.78, 5) is 0. The third-order valence-corrected chi connectivity index (χ3v) is 4.42. The number of epoxide rings is 1. The summed E-state index contributed by atoms with van der Waals surface area (Å²) in [6, 6.07) is 6.34. The molecular formula is C18H21IO2. The van der Waals surface area contributed by atoms with Crippen LogP contribution in [0.5, 0.6) is 0 Å². The molecule has 0 aromatic heterocycles. The molecule has 21 heavy (non-hydrogen) atoms. The minimum Gasteiger partial charge on any atom is -0.386 e. The topological polar surface area (TPSA) is 32.8 Å². The molecule has 0 saturated carbocycles. The lowest BCUT2D eigenvalue weighted by Crippen LogP contribution is -2.20. The first-order valence-electron chi connectivity index (χ1n) is 7.00. The van der Waals surface area contributed by atoms with Gasteiger partial charge >= 0.3 is 0 Å².